The summed E-state index contributed by atoms with van der Waals surface area (Å²) in [5.41, 5.74) is 0.0185. The Kier molecular flexibility index (Phi) is 4.38. The van der Waals surface area contributed by atoms with Crippen molar-refractivity contribution in [1.29, 1.82) is 0 Å². The highest BCUT2D eigenvalue weighted by atomic mass is 31.0. The van der Waals surface area contributed by atoms with E-state index in [4.69, 9.17) is 10.2 Å². The van der Waals surface area contributed by atoms with Gasteiger partial charge in [-0.1, -0.05) is 0 Å². The van der Waals surface area contributed by atoms with Crippen LogP contribution < -0.4 is 0 Å². The van der Waals surface area contributed by atoms with Gasteiger partial charge in [-0.25, -0.2) is 0 Å². The first-order valence-corrected chi connectivity index (χ1v) is 2.85. The minimum atomic E-state index is 0.0185. The zero-order valence-corrected chi connectivity index (χ0v) is 5.51. The van der Waals surface area contributed by atoms with Gasteiger partial charge in [-0.15, -0.1) is 9.24 Å². The van der Waals surface area contributed by atoms with Crippen LogP contribution in [-0.4, -0.2) is 15.9 Å². The highest BCUT2D eigenvalue weighted by Crippen LogP contribution is 2.01. The van der Waals surface area contributed by atoms with E-state index in [2.05, 4.69) is 9.24 Å². The normalized spacial score (nSPS) is 12.2. The summed E-state index contributed by atoms with van der Waals surface area (Å²) in [6, 6.07) is 0. The van der Waals surface area contributed by atoms with Gasteiger partial charge >= 0.3 is 0 Å². The molecular weight excluding hydrogens is 123 g/mol. The fraction of sp³-hybridized carbons (Fsp3) is 0.200. The average Bonchev–Trinajstić information content (AvgIpc) is 1.68. The first-order valence-electron chi connectivity index (χ1n) is 2.18. The minimum Gasteiger partial charge on any atom is -0.516 e. The Morgan fingerprint density at radius 3 is 1.75 bits per heavy atom. The van der Waals surface area contributed by atoms with E-state index in [9.17, 15) is 0 Å². The first kappa shape index (κ1) is 7.51. The maximum atomic E-state index is 8.15. The third-order valence-corrected chi connectivity index (χ3v) is 1.06. The SMILES string of the molecule is O/C=C/C(P)/C=C/O. The van der Waals surface area contributed by atoms with Crippen molar-refractivity contribution in [3.8, 4) is 0 Å². The van der Waals surface area contributed by atoms with Crippen molar-refractivity contribution in [3.63, 3.8) is 0 Å². The second kappa shape index (κ2) is 4.66. The Hall–Kier alpha value is -0.490. The summed E-state index contributed by atoms with van der Waals surface area (Å²) in [5.74, 6) is 0. The minimum absolute atomic E-state index is 0.0185. The number of aliphatic hydroxyl groups excluding tert-OH is 2. The van der Waals surface area contributed by atoms with E-state index >= 15 is 0 Å². The highest BCUT2D eigenvalue weighted by molar-refractivity contribution is 7.18. The molecule has 1 atom stereocenters. The number of hydrogen-bond acceptors (Lipinski definition) is 2. The molecule has 0 aliphatic heterocycles. The topological polar surface area (TPSA) is 40.5 Å². The molecule has 0 saturated carbocycles. The number of allylic oxidation sites excluding steroid dienone is 2. The Balaban J connectivity index is 3.47. The van der Waals surface area contributed by atoms with Gasteiger partial charge in [-0.05, 0) is 12.2 Å². The van der Waals surface area contributed by atoms with Gasteiger partial charge in [-0.3, -0.25) is 0 Å². The fourth-order valence-corrected chi connectivity index (χ4v) is 0.462. The third kappa shape index (κ3) is 3.69. The van der Waals surface area contributed by atoms with Gasteiger partial charge in [0.25, 0.3) is 0 Å². The van der Waals surface area contributed by atoms with Gasteiger partial charge in [0.1, 0.15) is 0 Å². The van der Waals surface area contributed by atoms with Crippen molar-refractivity contribution >= 4 is 9.24 Å². The van der Waals surface area contributed by atoms with Crippen LogP contribution in [0.25, 0.3) is 0 Å². The molecule has 0 spiro atoms. The second-order valence-corrected chi connectivity index (χ2v) is 2.03. The van der Waals surface area contributed by atoms with Crippen molar-refractivity contribution in [1.82, 2.24) is 0 Å². The predicted molar refractivity (Wildman–Crippen MR) is 37.0 cm³/mol. The van der Waals surface area contributed by atoms with Crippen LogP contribution in [0.5, 0.6) is 0 Å². The molecule has 0 aromatic heterocycles. The predicted octanol–water partition coefficient (Wildman–Crippen LogP) is 1.37. The molecule has 3 heteroatoms. The number of rotatable bonds is 2. The molecule has 0 aromatic carbocycles. The molecule has 8 heavy (non-hydrogen) atoms. The summed E-state index contributed by atoms with van der Waals surface area (Å²) in [5, 5.41) is 16.3. The Morgan fingerprint density at radius 1 is 1.12 bits per heavy atom. The molecule has 0 aliphatic carbocycles. The van der Waals surface area contributed by atoms with Crippen molar-refractivity contribution in [2.75, 3.05) is 0 Å². The quantitative estimate of drug-likeness (QED) is 0.440. The lowest BCUT2D eigenvalue weighted by Crippen LogP contribution is -1.82. The molecule has 0 fully saturated rings. The van der Waals surface area contributed by atoms with Gasteiger partial charge in [0.15, 0.2) is 0 Å². The van der Waals surface area contributed by atoms with E-state index in [1.165, 1.54) is 12.2 Å². The first-order chi connectivity index (χ1) is 3.81. The summed E-state index contributed by atoms with van der Waals surface area (Å²) < 4.78 is 0. The smallest absolute Gasteiger partial charge is 0.0761 e. The molecule has 1 unspecified atom stereocenters. The van der Waals surface area contributed by atoms with Crippen molar-refractivity contribution in [2.45, 2.75) is 5.66 Å². The lowest BCUT2D eigenvalue weighted by molar-refractivity contribution is 0.468. The van der Waals surface area contributed by atoms with Crippen LogP contribution in [0.3, 0.4) is 0 Å². The van der Waals surface area contributed by atoms with Gasteiger partial charge < -0.3 is 10.2 Å². The van der Waals surface area contributed by atoms with Crippen LogP contribution in [0.15, 0.2) is 24.7 Å². The molecule has 0 radical (unpaired) electrons. The van der Waals surface area contributed by atoms with Gasteiger partial charge in [-0.2, -0.15) is 0 Å². The van der Waals surface area contributed by atoms with E-state index < -0.39 is 0 Å². The lowest BCUT2D eigenvalue weighted by atomic mass is 10.4. The van der Waals surface area contributed by atoms with Crippen molar-refractivity contribution in [2.24, 2.45) is 0 Å². The summed E-state index contributed by atoms with van der Waals surface area (Å²) >= 11 is 0. The molecule has 46 valence electrons. The molecule has 0 bridgehead atoms. The van der Waals surface area contributed by atoms with Gasteiger partial charge in [0, 0.05) is 5.66 Å². The summed E-state index contributed by atoms with van der Waals surface area (Å²) in [6.45, 7) is 0. The van der Waals surface area contributed by atoms with E-state index in [-0.39, 0.29) is 5.66 Å². The van der Waals surface area contributed by atoms with Gasteiger partial charge in [0.05, 0.1) is 12.5 Å². The molecule has 2 N–H and O–H groups in total. The monoisotopic (exact) mass is 132 g/mol. The van der Waals surface area contributed by atoms with Crippen molar-refractivity contribution in [3.05, 3.63) is 24.7 Å². The summed E-state index contributed by atoms with van der Waals surface area (Å²) in [7, 11) is 2.41. The van der Waals surface area contributed by atoms with Crippen LogP contribution in [0.1, 0.15) is 0 Å². The molecule has 0 saturated heterocycles. The van der Waals surface area contributed by atoms with E-state index in [1.807, 2.05) is 0 Å². The van der Waals surface area contributed by atoms with Crippen LogP contribution in [0.2, 0.25) is 0 Å². The van der Waals surface area contributed by atoms with Gasteiger partial charge in [0.2, 0.25) is 0 Å². The lowest BCUT2D eigenvalue weighted by Gasteiger charge is -1.90. The van der Waals surface area contributed by atoms with Crippen LogP contribution >= 0.6 is 9.24 Å². The molecule has 0 amide bonds. The summed E-state index contributed by atoms with van der Waals surface area (Å²) in [6.07, 6.45) is 4.93. The Morgan fingerprint density at radius 2 is 1.50 bits per heavy atom. The van der Waals surface area contributed by atoms with E-state index in [0.717, 1.165) is 12.5 Å². The van der Waals surface area contributed by atoms with Crippen LogP contribution in [0, 0.1) is 0 Å². The largest absolute Gasteiger partial charge is 0.516 e. The summed E-state index contributed by atoms with van der Waals surface area (Å²) in [4.78, 5) is 0. The molecule has 0 heterocycles. The number of hydrogen-bond donors (Lipinski definition) is 2. The molecular formula is C5H9O2P. The molecule has 0 aromatic rings. The maximum absolute atomic E-state index is 8.15. The zero-order chi connectivity index (χ0) is 6.41. The maximum Gasteiger partial charge on any atom is 0.0761 e. The standard InChI is InChI=1S/C5H9O2P/c6-3-1-5(8)2-4-7/h1-7H,8H2/b3-1+,4-2+. The van der Waals surface area contributed by atoms with Crippen LogP contribution in [-0.2, 0) is 0 Å². The van der Waals surface area contributed by atoms with Crippen molar-refractivity contribution < 1.29 is 10.2 Å². The second-order valence-electron chi connectivity index (χ2n) is 1.26. The van der Waals surface area contributed by atoms with E-state index in [0.29, 0.717) is 0 Å². The molecule has 2 nitrogen and oxygen atoms in total. The molecule has 0 rings (SSSR count). The fourth-order valence-electron chi connectivity index (χ4n) is 0.263. The zero-order valence-electron chi connectivity index (χ0n) is 4.36. The van der Waals surface area contributed by atoms with Crippen LogP contribution in [0.4, 0.5) is 0 Å². The Bertz CT molecular complexity index is 86.6. The average molecular weight is 132 g/mol. The number of aliphatic hydroxyl groups is 2. The molecule has 0 aliphatic rings. The third-order valence-electron chi connectivity index (χ3n) is 0.617. The highest BCUT2D eigenvalue weighted by Gasteiger charge is 1.85. The Labute approximate surface area is 50.7 Å². The van der Waals surface area contributed by atoms with E-state index in [1.54, 1.807) is 0 Å².